The Labute approximate surface area is 100 Å². The summed E-state index contributed by atoms with van der Waals surface area (Å²) in [6, 6.07) is 10.4. The second kappa shape index (κ2) is 3.53. The van der Waals surface area contributed by atoms with E-state index in [2.05, 4.69) is 29.0 Å². The van der Waals surface area contributed by atoms with Gasteiger partial charge in [0.15, 0.2) is 0 Å². The second-order valence-corrected chi connectivity index (χ2v) is 5.10. The van der Waals surface area contributed by atoms with E-state index in [-0.39, 0.29) is 5.41 Å². The van der Waals surface area contributed by atoms with Crippen molar-refractivity contribution in [3.8, 4) is 6.07 Å². The van der Waals surface area contributed by atoms with Crippen molar-refractivity contribution in [2.75, 3.05) is 5.73 Å². The molecule has 0 unspecified atom stereocenters. The molecule has 0 bridgehead atoms. The monoisotopic (exact) mass is 225 g/mol. The predicted octanol–water partition coefficient (Wildman–Crippen LogP) is 2.92. The van der Waals surface area contributed by atoms with E-state index >= 15 is 0 Å². The molecule has 3 nitrogen and oxygen atoms in total. The third-order valence-corrected chi connectivity index (χ3v) is 3.71. The minimum Gasteiger partial charge on any atom is -0.399 e. The highest BCUT2D eigenvalue weighted by molar-refractivity contribution is 5.83. The summed E-state index contributed by atoms with van der Waals surface area (Å²) in [7, 11) is 0. The van der Waals surface area contributed by atoms with Gasteiger partial charge in [0.25, 0.3) is 0 Å². The number of rotatable bonds is 3. The van der Waals surface area contributed by atoms with Crippen LogP contribution in [0, 0.1) is 16.7 Å². The van der Waals surface area contributed by atoms with Crippen LogP contribution >= 0.6 is 0 Å². The molecule has 1 fully saturated rings. The molecule has 0 atom stereocenters. The van der Waals surface area contributed by atoms with Crippen LogP contribution in [0.5, 0.6) is 0 Å². The molecular formula is C14H15N3. The first-order chi connectivity index (χ1) is 8.22. The number of hydrogen-bond acceptors (Lipinski definition) is 2. The third-order valence-electron chi connectivity index (χ3n) is 3.71. The molecule has 0 radical (unpaired) electrons. The van der Waals surface area contributed by atoms with Gasteiger partial charge < -0.3 is 10.3 Å². The Morgan fingerprint density at radius 1 is 1.35 bits per heavy atom. The molecule has 0 amide bonds. The molecule has 1 heterocycles. The van der Waals surface area contributed by atoms with Gasteiger partial charge in [0.2, 0.25) is 0 Å². The Balaban J connectivity index is 1.94. The summed E-state index contributed by atoms with van der Waals surface area (Å²) in [5.74, 6) is 0. The number of benzene rings is 1. The third kappa shape index (κ3) is 1.76. The van der Waals surface area contributed by atoms with Crippen LogP contribution in [0.1, 0.15) is 19.3 Å². The summed E-state index contributed by atoms with van der Waals surface area (Å²) in [6.45, 7) is 0.952. The summed E-state index contributed by atoms with van der Waals surface area (Å²) in [4.78, 5) is 0. The zero-order valence-electron chi connectivity index (χ0n) is 9.69. The van der Waals surface area contributed by atoms with E-state index in [1.54, 1.807) is 0 Å². The van der Waals surface area contributed by atoms with Crippen LogP contribution in [-0.2, 0) is 6.54 Å². The van der Waals surface area contributed by atoms with E-state index in [0.29, 0.717) is 6.42 Å². The van der Waals surface area contributed by atoms with Gasteiger partial charge in [-0.05, 0) is 37.1 Å². The lowest BCUT2D eigenvalue weighted by Gasteiger charge is -2.13. The molecule has 1 aliphatic rings. The molecule has 86 valence electrons. The molecule has 3 heteroatoms. The maximum absolute atomic E-state index is 8.84. The Morgan fingerprint density at radius 2 is 2.18 bits per heavy atom. The van der Waals surface area contributed by atoms with Gasteiger partial charge in [-0.1, -0.05) is 0 Å². The molecule has 1 aromatic carbocycles. The number of fused-ring (bicyclic) bond motifs is 1. The highest BCUT2D eigenvalue weighted by atomic mass is 15.0. The van der Waals surface area contributed by atoms with Crippen molar-refractivity contribution in [3.05, 3.63) is 30.5 Å². The topological polar surface area (TPSA) is 54.7 Å². The molecule has 3 rings (SSSR count). The second-order valence-electron chi connectivity index (χ2n) is 5.10. The van der Waals surface area contributed by atoms with Crippen molar-refractivity contribution >= 4 is 16.6 Å². The SMILES string of the molecule is N#CCC1(Cn2ccc3cc(N)ccc32)CC1. The summed E-state index contributed by atoms with van der Waals surface area (Å²) < 4.78 is 2.25. The smallest absolute Gasteiger partial charge is 0.0628 e. The van der Waals surface area contributed by atoms with Gasteiger partial charge in [0, 0.05) is 41.2 Å². The lowest BCUT2D eigenvalue weighted by atomic mass is 10.0. The average Bonchev–Trinajstić information content (AvgIpc) is 2.94. The Kier molecular flexibility index (Phi) is 2.12. The van der Waals surface area contributed by atoms with Crippen molar-refractivity contribution in [1.82, 2.24) is 4.57 Å². The van der Waals surface area contributed by atoms with Crippen molar-refractivity contribution < 1.29 is 0 Å². The van der Waals surface area contributed by atoms with E-state index in [4.69, 9.17) is 11.0 Å². The number of nitrogens with zero attached hydrogens (tertiary/aromatic N) is 2. The molecule has 2 aromatic rings. The van der Waals surface area contributed by atoms with Crippen molar-refractivity contribution in [1.29, 1.82) is 5.26 Å². The molecule has 0 saturated heterocycles. The normalized spacial score (nSPS) is 16.9. The zero-order valence-corrected chi connectivity index (χ0v) is 9.69. The summed E-state index contributed by atoms with van der Waals surface area (Å²) >= 11 is 0. The number of hydrogen-bond donors (Lipinski definition) is 1. The van der Waals surface area contributed by atoms with Gasteiger partial charge in [-0.25, -0.2) is 0 Å². The molecule has 1 aromatic heterocycles. The standard InChI is InChI=1S/C14H15N3/c15-7-6-14(4-5-14)10-17-8-3-11-9-12(16)1-2-13(11)17/h1-3,8-9H,4-6,10,16H2. The largest absolute Gasteiger partial charge is 0.399 e. The number of aromatic nitrogens is 1. The van der Waals surface area contributed by atoms with Gasteiger partial charge >= 0.3 is 0 Å². The van der Waals surface area contributed by atoms with E-state index < -0.39 is 0 Å². The van der Waals surface area contributed by atoms with E-state index in [9.17, 15) is 0 Å². The maximum atomic E-state index is 8.84. The quantitative estimate of drug-likeness (QED) is 0.816. The van der Waals surface area contributed by atoms with Crippen LogP contribution in [0.25, 0.3) is 10.9 Å². The minimum atomic E-state index is 0.238. The zero-order chi connectivity index (χ0) is 11.9. The molecule has 0 spiro atoms. The molecule has 0 aliphatic heterocycles. The Morgan fingerprint density at radius 3 is 2.88 bits per heavy atom. The van der Waals surface area contributed by atoms with Gasteiger partial charge in [0.05, 0.1) is 6.07 Å². The first kappa shape index (κ1) is 10.2. The fraction of sp³-hybridized carbons (Fsp3) is 0.357. The minimum absolute atomic E-state index is 0.238. The lowest BCUT2D eigenvalue weighted by Crippen LogP contribution is -2.10. The van der Waals surface area contributed by atoms with Gasteiger partial charge in [0.1, 0.15) is 0 Å². The fourth-order valence-corrected chi connectivity index (χ4v) is 2.45. The number of anilines is 1. The van der Waals surface area contributed by atoms with Crippen LogP contribution in [0.3, 0.4) is 0 Å². The highest BCUT2D eigenvalue weighted by Gasteiger charge is 2.42. The maximum Gasteiger partial charge on any atom is 0.0628 e. The molecule has 2 N–H and O–H groups in total. The van der Waals surface area contributed by atoms with Gasteiger partial charge in [-0.2, -0.15) is 5.26 Å². The van der Waals surface area contributed by atoms with Crippen LogP contribution in [0.2, 0.25) is 0 Å². The molecule has 1 saturated carbocycles. The predicted molar refractivity (Wildman–Crippen MR) is 68.2 cm³/mol. The van der Waals surface area contributed by atoms with Crippen LogP contribution in [0.4, 0.5) is 5.69 Å². The van der Waals surface area contributed by atoms with Crippen LogP contribution in [0.15, 0.2) is 30.5 Å². The Hall–Kier alpha value is -1.95. The van der Waals surface area contributed by atoms with Gasteiger partial charge in [-0.3, -0.25) is 0 Å². The van der Waals surface area contributed by atoms with E-state index in [1.807, 2.05) is 12.1 Å². The van der Waals surface area contributed by atoms with Crippen LogP contribution < -0.4 is 5.73 Å². The highest BCUT2D eigenvalue weighted by Crippen LogP contribution is 2.50. The lowest BCUT2D eigenvalue weighted by molar-refractivity contribution is 0.440. The molecular weight excluding hydrogens is 210 g/mol. The van der Waals surface area contributed by atoms with Crippen molar-refractivity contribution in [2.24, 2.45) is 5.41 Å². The summed E-state index contributed by atoms with van der Waals surface area (Å²) in [5.41, 5.74) is 8.02. The first-order valence-corrected chi connectivity index (χ1v) is 5.94. The average molecular weight is 225 g/mol. The Bertz CT molecular complexity index is 599. The number of nitriles is 1. The summed E-state index contributed by atoms with van der Waals surface area (Å²) in [6.07, 6.45) is 5.12. The fourth-order valence-electron chi connectivity index (χ4n) is 2.45. The first-order valence-electron chi connectivity index (χ1n) is 5.94. The van der Waals surface area contributed by atoms with Crippen molar-refractivity contribution in [3.63, 3.8) is 0 Å². The van der Waals surface area contributed by atoms with Gasteiger partial charge in [-0.15, -0.1) is 0 Å². The summed E-state index contributed by atoms with van der Waals surface area (Å²) in [5, 5.41) is 10.0. The molecule has 17 heavy (non-hydrogen) atoms. The van der Waals surface area contributed by atoms with Crippen molar-refractivity contribution in [2.45, 2.75) is 25.8 Å². The van der Waals surface area contributed by atoms with E-state index in [1.165, 1.54) is 23.7 Å². The number of nitrogen functional groups attached to an aromatic ring is 1. The van der Waals surface area contributed by atoms with Crippen LogP contribution in [-0.4, -0.2) is 4.57 Å². The van der Waals surface area contributed by atoms with E-state index in [0.717, 1.165) is 12.2 Å². The molecule has 1 aliphatic carbocycles. The number of nitrogens with two attached hydrogens (primary N) is 1.